The molecule has 1 aromatic heterocycles. The quantitative estimate of drug-likeness (QED) is 0.774. The number of hydrogen-bond acceptors (Lipinski definition) is 3. The number of aromatic nitrogens is 2. The second-order valence-electron chi connectivity index (χ2n) is 7.49. The summed E-state index contributed by atoms with van der Waals surface area (Å²) in [4.78, 5) is 11.9. The highest BCUT2D eigenvalue weighted by Gasteiger charge is 2.34. The van der Waals surface area contributed by atoms with Crippen LogP contribution in [0, 0.1) is 0 Å². The van der Waals surface area contributed by atoms with Gasteiger partial charge in [-0.1, -0.05) is 18.2 Å². The Labute approximate surface area is 155 Å². The van der Waals surface area contributed by atoms with E-state index in [0.29, 0.717) is 12.8 Å². The number of benzene rings is 1. The lowest BCUT2D eigenvalue weighted by atomic mass is 9.89. The largest absolute Gasteiger partial charge is 0.444 e. The first kappa shape index (κ1) is 18.2. The number of halogens is 2. The van der Waals surface area contributed by atoms with Crippen molar-refractivity contribution in [2.75, 3.05) is 0 Å². The van der Waals surface area contributed by atoms with Gasteiger partial charge in [-0.25, -0.2) is 9.18 Å². The van der Waals surface area contributed by atoms with Crippen molar-refractivity contribution in [3.63, 3.8) is 0 Å². The Kier molecular flexibility index (Phi) is 5.04. The average Bonchev–Trinajstić information content (AvgIpc) is 2.85. The number of rotatable bonds is 2. The molecule has 25 heavy (non-hydrogen) atoms. The number of alkyl halides is 1. The van der Waals surface area contributed by atoms with E-state index in [1.807, 2.05) is 28.9 Å². The Hall–Kier alpha value is -1.63. The highest BCUT2D eigenvalue weighted by molar-refractivity contribution is 9.10. The lowest BCUT2D eigenvalue weighted by molar-refractivity contribution is 0.0432. The first-order chi connectivity index (χ1) is 11.7. The third-order valence-electron chi connectivity index (χ3n) is 4.36. The van der Waals surface area contributed by atoms with Crippen molar-refractivity contribution in [3.05, 3.63) is 28.9 Å². The number of carbonyl (C=O) groups excluding carboxylic acids is 1. The monoisotopic (exact) mass is 411 g/mol. The summed E-state index contributed by atoms with van der Waals surface area (Å²) in [6, 6.07) is 7.35. The van der Waals surface area contributed by atoms with Gasteiger partial charge in [0.25, 0.3) is 0 Å². The number of para-hydroxylation sites is 1. The topological polar surface area (TPSA) is 56.1 Å². The molecule has 1 aliphatic rings. The molecule has 1 aliphatic carbocycles. The normalized spacial score (nSPS) is 24.3. The average molecular weight is 412 g/mol. The van der Waals surface area contributed by atoms with Crippen LogP contribution in [0.15, 0.2) is 28.9 Å². The van der Waals surface area contributed by atoms with Crippen LogP contribution >= 0.6 is 15.9 Å². The van der Waals surface area contributed by atoms with Gasteiger partial charge < -0.3 is 10.1 Å². The molecule has 1 N–H and O–H groups in total. The van der Waals surface area contributed by atoms with Gasteiger partial charge in [0.05, 0.1) is 17.6 Å². The van der Waals surface area contributed by atoms with Gasteiger partial charge in [-0.2, -0.15) is 5.10 Å². The minimum absolute atomic E-state index is 0.0251. The molecule has 1 amide bonds. The van der Waals surface area contributed by atoms with Crippen LogP contribution in [-0.2, 0) is 4.74 Å². The molecule has 2 aromatic rings. The molecule has 3 atom stereocenters. The highest BCUT2D eigenvalue weighted by atomic mass is 79.9. The molecule has 0 saturated heterocycles. The number of nitrogens with zero attached hydrogens (tertiary/aromatic N) is 2. The second kappa shape index (κ2) is 6.94. The van der Waals surface area contributed by atoms with Crippen molar-refractivity contribution in [1.29, 1.82) is 0 Å². The van der Waals surface area contributed by atoms with Crippen molar-refractivity contribution < 1.29 is 13.9 Å². The fraction of sp³-hybridized carbons (Fsp3) is 0.556. The lowest BCUT2D eigenvalue weighted by Gasteiger charge is -2.33. The maximum Gasteiger partial charge on any atom is 0.407 e. The first-order valence-electron chi connectivity index (χ1n) is 8.51. The van der Waals surface area contributed by atoms with E-state index in [0.717, 1.165) is 21.9 Å². The molecule has 0 bridgehead atoms. The van der Waals surface area contributed by atoms with Crippen LogP contribution in [-0.4, -0.2) is 33.7 Å². The molecule has 3 unspecified atom stereocenters. The van der Waals surface area contributed by atoms with Gasteiger partial charge in [-0.15, -0.1) is 0 Å². The minimum atomic E-state index is -1.13. The molecule has 3 rings (SSSR count). The Morgan fingerprint density at radius 3 is 2.76 bits per heavy atom. The van der Waals surface area contributed by atoms with E-state index >= 15 is 0 Å². The van der Waals surface area contributed by atoms with Crippen LogP contribution in [0.5, 0.6) is 0 Å². The SMILES string of the molecule is CC(C)(C)OC(=O)NC1CCC(n2nc(Br)c3ccccc32)CC1F. The van der Waals surface area contributed by atoms with E-state index in [-0.39, 0.29) is 6.04 Å². The van der Waals surface area contributed by atoms with Crippen LogP contribution in [0.3, 0.4) is 0 Å². The fourth-order valence-electron chi connectivity index (χ4n) is 3.27. The summed E-state index contributed by atoms with van der Waals surface area (Å²) >= 11 is 3.47. The third-order valence-corrected chi connectivity index (χ3v) is 4.95. The Morgan fingerprint density at radius 2 is 2.08 bits per heavy atom. The number of ether oxygens (including phenoxy) is 1. The smallest absolute Gasteiger partial charge is 0.407 e. The van der Waals surface area contributed by atoms with Crippen molar-refractivity contribution in [1.82, 2.24) is 15.1 Å². The van der Waals surface area contributed by atoms with Gasteiger partial charge in [-0.3, -0.25) is 4.68 Å². The summed E-state index contributed by atoms with van der Waals surface area (Å²) in [5.41, 5.74) is 0.401. The zero-order chi connectivity index (χ0) is 18.2. The van der Waals surface area contributed by atoms with Crippen LogP contribution in [0.25, 0.3) is 10.9 Å². The molecule has 1 fully saturated rings. The molecule has 5 nitrogen and oxygen atoms in total. The van der Waals surface area contributed by atoms with Crippen molar-refractivity contribution in [3.8, 4) is 0 Å². The highest BCUT2D eigenvalue weighted by Crippen LogP contribution is 2.34. The van der Waals surface area contributed by atoms with Crippen molar-refractivity contribution in [2.24, 2.45) is 0 Å². The van der Waals surface area contributed by atoms with Gasteiger partial charge in [-0.05, 0) is 55.6 Å². The molecule has 0 radical (unpaired) electrons. The molecule has 136 valence electrons. The zero-order valence-corrected chi connectivity index (χ0v) is 16.2. The predicted molar refractivity (Wildman–Crippen MR) is 98.4 cm³/mol. The minimum Gasteiger partial charge on any atom is -0.444 e. The summed E-state index contributed by atoms with van der Waals surface area (Å²) in [7, 11) is 0. The predicted octanol–water partition coefficient (Wildman–Crippen LogP) is 4.76. The number of carbonyl (C=O) groups is 1. The summed E-state index contributed by atoms with van der Waals surface area (Å²) in [5.74, 6) is 0. The standard InChI is InChI=1S/C18H23BrFN3O2/c1-18(2,3)25-17(24)21-14-9-8-11(10-13(14)20)23-15-7-5-4-6-12(15)16(19)22-23/h4-7,11,13-14H,8-10H2,1-3H3,(H,21,24). The zero-order valence-electron chi connectivity index (χ0n) is 14.6. The number of hydrogen-bond donors (Lipinski definition) is 1. The Morgan fingerprint density at radius 1 is 1.36 bits per heavy atom. The molecule has 7 heteroatoms. The van der Waals surface area contributed by atoms with Gasteiger partial charge in [0.2, 0.25) is 0 Å². The van der Waals surface area contributed by atoms with Crippen molar-refractivity contribution >= 4 is 32.9 Å². The number of nitrogens with one attached hydrogen (secondary N) is 1. The lowest BCUT2D eigenvalue weighted by Crippen LogP contribution is -2.47. The van der Waals surface area contributed by atoms with E-state index in [2.05, 4.69) is 26.3 Å². The van der Waals surface area contributed by atoms with E-state index in [1.54, 1.807) is 20.8 Å². The van der Waals surface area contributed by atoms with Gasteiger partial charge in [0.15, 0.2) is 0 Å². The summed E-state index contributed by atoms with van der Waals surface area (Å²) in [5, 5.41) is 8.22. The molecule has 1 aromatic carbocycles. The summed E-state index contributed by atoms with van der Waals surface area (Å²) < 4.78 is 22.6. The molecule has 0 spiro atoms. The number of fused-ring (bicyclic) bond motifs is 1. The van der Waals surface area contributed by atoms with Crippen LogP contribution in [0.2, 0.25) is 0 Å². The van der Waals surface area contributed by atoms with Crippen LogP contribution in [0.1, 0.15) is 46.1 Å². The summed E-state index contributed by atoms with van der Waals surface area (Å²) in [6.45, 7) is 5.37. The molecule has 0 aliphatic heterocycles. The van der Waals surface area contributed by atoms with Crippen molar-refractivity contribution in [2.45, 2.75) is 63.9 Å². The molecular formula is C18H23BrFN3O2. The van der Waals surface area contributed by atoms with E-state index in [9.17, 15) is 9.18 Å². The molecule has 1 heterocycles. The first-order valence-corrected chi connectivity index (χ1v) is 9.30. The van der Waals surface area contributed by atoms with E-state index < -0.39 is 23.9 Å². The Bertz CT molecular complexity index is 771. The van der Waals surface area contributed by atoms with Gasteiger partial charge >= 0.3 is 6.09 Å². The van der Waals surface area contributed by atoms with Crippen LogP contribution in [0.4, 0.5) is 9.18 Å². The number of amides is 1. The van der Waals surface area contributed by atoms with Crippen LogP contribution < -0.4 is 5.32 Å². The fourth-order valence-corrected chi connectivity index (χ4v) is 3.77. The molecular weight excluding hydrogens is 389 g/mol. The molecule has 1 saturated carbocycles. The second-order valence-corrected chi connectivity index (χ2v) is 8.24. The third kappa shape index (κ3) is 4.14. The maximum absolute atomic E-state index is 14.7. The van der Waals surface area contributed by atoms with E-state index in [4.69, 9.17) is 4.74 Å². The number of alkyl carbamates (subject to hydrolysis) is 1. The van der Waals surface area contributed by atoms with E-state index in [1.165, 1.54) is 0 Å². The van der Waals surface area contributed by atoms with Gasteiger partial charge in [0, 0.05) is 11.8 Å². The summed E-state index contributed by atoms with van der Waals surface area (Å²) in [6.07, 6.45) is -0.0760. The van der Waals surface area contributed by atoms with Gasteiger partial charge in [0.1, 0.15) is 16.4 Å². The maximum atomic E-state index is 14.7. The Balaban J connectivity index is 1.68.